The van der Waals surface area contributed by atoms with Gasteiger partial charge >= 0.3 is 11.9 Å². The first-order chi connectivity index (χ1) is 11.8. The summed E-state index contributed by atoms with van der Waals surface area (Å²) in [7, 11) is -2.23. The molecule has 0 aromatic heterocycles. The normalized spacial score (nSPS) is 10.8. The summed E-state index contributed by atoms with van der Waals surface area (Å²) in [6.07, 6.45) is 0.998. The van der Waals surface area contributed by atoms with Crippen molar-refractivity contribution in [3.8, 4) is 0 Å². The molecule has 8 heteroatoms. The van der Waals surface area contributed by atoms with E-state index in [9.17, 15) is 18.0 Å². The molecule has 0 heterocycles. The van der Waals surface area contributed by atoms with Crippen molar-refractivity contribution in [3.05, 3.63) is 65.2 Å². The summed E-state index contributed by atoms with van der Waals surface area (Å²) in [5.41, 5.74) is 1.32. The molecule has 0 amide bonds. The molecule has 0 saturated heterocycles. The van der Waals surface area contributed by atoms with E-state index < -0.39 is 22.0 Å². The number of ether oxygens (including phenoxy) is 2. The molecule has 0 bridgehead atoms. The Balaban J connectivity index is 2.07. The van der Waals surface area contributed by atoms with Crippen LogP contribution in [0.15, 0.2) is 48.5 Å². The van der Waals surface area contributed by atoms with E-state index in [1.54, 1.807) is 36.4 Å². The second kappa shape index (κ2) is 7.80. The van der Waals surface area contributed by atoms with E-state index in [1.807, 2.05) is 0 Å². The van der Waals surface area contributed by atoms with Gasteiger partial charge in [-0.05, 0) is 29.8 Å². The summed E-state index contributed by atoms with van der Waals surface area (Å²) in [4.78, 5) is 23.6. The smallest absolute Gasteiger partial charge is 0.340 e. The highest BCUT2D eigenvalue weighted by molar-refractivity contribution is 7.92. The molecule has 2 aromatic carbocycles. The number of para-hydroxylation sites is 1. The van der Waals surface area contributed by atoms with Gasteiger partial charge in [0.05, 0.1) is 30.2 Å². The topological polar surface area (TPSA) is 98.8 Å². The Morgan fingerprint density at radius 1 is 1.00 bits per heavy atom. The second-order valence-electron chi connectivity index (χ2n) is 5.18. The van der Waals surface area contributed by atoms with Crippen LogP contribution in [-0.4, -0.2) is 33.7 Å². The average Bonchev–Trinajstić information content (AvgIpc) is 2.58. The third-order valence-electron chi connectivity index (χ3n) is 3.19. The van der Waals surface area contributed by atoms with Gasteiger partial charge in [-0.3, -0.25) is 4.72 Å². The zero-order valence-corrected chi connectivity index (χ0v) is 14.5. The maximum Gasteiger partial charge on any atom is 0.340 e. The second-order valence-corrected chi connectivity index (χ2v) is 6.93. The highest BCUT2D eigenvalue weighted by Crippen LogP contribution is 2.18. The third-order valence-corrected chi connectivity index (χ3v) is 3.78. The molecule has 7 nitrogen and oxygen atoms in total. The van der Waals surface area contributed by atoms with Crippen LogP contribution in [0.2, 0.25) is 0 Å². The SMILES string of the molecule is COC(=O)c1ccc(COC(=O)c2ccccc2NS(C)(=O)=O)cc1. The van der Waals surface area contributed by atoms with Crippen LogP contribution in [0, 0.1) is 0 Å². The summed E-state index contributed by atoms with van der Waals surface area (Å²) >= 11 is 0. The zero-order chi connectivity index (χ0) is 18.4. The maximum absolute atomic E-state index is 12.2. The minimum atomic E-state index is -3.52. The van der Waals surface area contributed by atoms with Crippen molar-refractivity contribution in [2.75, 3.05) is 18.1 Å². The quantitative estimate of drug-likeness (QED) is 0.790. The predicted octanol–water partition coefficient (Wildman–Crippen LogP) is 2.20. The number of anilines is 1. The van der Waals surface area contributed by atoms with E-state index in [0.29, 0.717) is 11.1 Å². The minimum absolute atomic E-state index is 0.0203. The van der Waals surface area contributed by atoms with E-state index in [0.717, 1.165) is 6.26 Å². The van der Waals surface area contributed by atoms with Crippen molar-refractivity contribution >= 4 is 27.6 Å². The van der Waals surface area contributed by atoms with E-state index in [-0.39, 0.29) is 17.9 Å². The van der Waals surface area contributed by atoms with Crippen LogP contribution in [0.25, 0.3) is 0 Å². The molecule has 0 saturated carbocycles. The molecular weight excluding hydrogens is 346 g/mol. The molecule has 2 rings (SSSR count). The number of sulfonamides is 1. The fourth-order valence-corrected chi connectivity index (χ4v) is 2.61. The summed E-state index contributed by atoms with van der Waals surface area (Å²) < 4.78 is 34.8. The Labute approximate surface area is 145 Å². The van der Waals surface area contributed by atoms with E-state index in [4.69, 9.17) is 4.74 Å². The van der Waals surface area contributed by atoms with E-state index >= 15 is 0 Å². The lowest BCUT2D eigenvalue weighted by Gasteiger charge is -2.10. The van der Waals surface area contributed by atoms with Gasteiger partial charge in [0.25, 0.3) is 0 Å². The highest BCUT2D eigenvalue weighted by Gasteiger charge is 2.15. The Morgan fingerprint density at radius 3 is 2.24 bits per heavy atom. The van der Waals surface area contributed by atoms with Gasteiger partial charge in [-0.2, -0.15) is 0 Å². The summed E-state index contributed by atoms with van der Waals surface area (Å²) in [5.74, 6) is -1.12. The molecule has 1 N–H and O–H groups in total. The van der Waals surface area contributed by atoms with Gasteiger partial charge in [-0.15, -0.1) is 0 Å². The molecule has 25 heavy (non-hydrogen) atoms. The fraction of sp³-hybridized carbons (Fsp3) is 0.176. The first-order valence-electron chi connectivity index (χ1n) is 7.21. The first kappa shape index (κ1) is 18.5. The van der Waals surface area contributed by atoms with Crippen molar-refractivity contribution < 1.29 is 27.5 Å². The van der Waals surface area contributed by atoms with Gasteiger partial charge in [-0.25, -0.2) is 18.0 Å². The van der Waals surface area contributed by atoms with Crippen LogP contribution in [0.5, 0.6) is 0 Å². The monoisotopic (exact) mass is 363 g/mol. The molecular formula is C17H17NO6S. The van der Waals surface area contributed by atoms with Crippen molar-refractivity contribution in [1.82, 2.24) is 0 Å². The predicted molar refractivity (Wildman–Crippen MR) is 91.8 cm³/mol. The first-order valence-corrected chi connectivity index (χ1v) is 9.10. The van der Waals surface area contributed by atoms with Crippen LogP contribution in [0.4, 0.5) is 5.69 Å². The fourth-order valence-electron chi connectivity index (χ4n) is 2.03. The Kier molecular flexibility index (Phi) is 5.76. The van der Waals surface area contributed by atoms with Crippen molar-refractivity contribution in [3.63, 3.8) is 0 Å². The van der Waals surface area contributed by atoms with Crippen molar-refractivity contribution in [2.24, 2.45) is 0 Å². The van der Waals surface area contributed by atoms with Crippen LogP contribution in [0.3, 0.4) is 0 Å². The van der Waals surface area contributed by atoms with E-state index in [2.05, 4.69) is 9.46 Å². The number of nitrogens with one attached hydrogen (secondary N) is 1. The molecule has 0 aliphatic carbocycles. The lowest BCUT2D eigenvalue weighted by molar-refractivity contribution is 0.0472. The third kappa shape index (κ3) is 5.32. The molecule has 0 atom stereocenters. The average molecular weight is 363 g/mol. The Bertz CT molecular complexity index is 874. The van der Waals surface area contributed by atoms with Crippen LogP contribution < -0.4 is 4.72 Å². The summed E-state index contributed by atoms with van der Waals surface area (Å²) in [6, 6.07) is 12.6. The summed E-state index contributed by atoms with van der Waals surface area (Å²) in [5, 5.41) is 0. The maximum atomic E-state index is 12.2. The van der Waals surface area contributed by atoms with Crippen molar-refractivity contribution in [1.29, 1.82) is 0 Å². The van der Waals surface area contributed by atoms with Gasteiger partial charge in [0.1, 0.15) is 6.61 Å². The molecule has 132 valence electrons. The standard InChI is InChI=1S/C17H17NO6S/c1-23-16(19)13-9-7-12(8-10-13)11-24-17(20)14-5-3-4-6-15(14)18-25(2,21)22/h3-10,18H,11H2,1-2H3. The van der Waals surface area contributed by atoms with E-state index in [1.165, 1.54) is 19.2 Å². The largest absolute Gasteiger partial charge is 0.465 e. The molecule has 0 spiro atoms. The molecule has 2 aromatic rings. The van der Waals surface area contributed by atoms with Crippen LogP contribution in [0.1, 0.15) is 26.3 Å². The number of rotatable bonds is 6. The molecule has 0 radical (unpaired) electrons. The molecule has 0 fully saturated rings. The number of hydrogen-bond donors (Lipinski definition) is 1. The van der Waals surface area contributed by atoms with Gasteiger partial charge in [-0.1, -0.05) is 24.3 Å². The molecule has 0 aliphatic heterocycles. The number of esters is 2. The number of carbonyl (C=O) groups is 2. The van der Waals surface area contributed by atoms with Gasteiger partial charge in [0.15, 0.2) is 0 Å². The number of methoxy groups -OCH3 is 1. The lowest BCUT2D eigenvalue weighted by Crippen LogP contribution is -2.14. The molecule has 0 aliphatic rings. The van der Waals surface area contributed by atoms with Crippen molar-refractivity contribution in [2.45, 2.75) is 6.61 Å². The van der Waals surface area contributed by atoms with Crippen LogP contribution >= 0.6 is 0 Å². The van der Waals surface area contributed by atoms with Gasteiger partial charge in [0, 0.05) is 0 Å². The zero-order valence-electron chi connectivity index (χ0n) is 13.7. The number of hydrogen-bond acceptors (Lipinski definition) is 6. The number of benzene rings is 2. The van der Waals surface area contributed by atoms with Crippen LogP contribution in [-0.2, 0) is 26.1 Å². The Morgan fingerprint density at radius 2 is 1.64 bits per heavy atom. The molecule has 0 unspecified atom stereocenters. The van der Waals surface area contributed by atoms with Gasteiger partial charge < -0.3 is 9.47 Å². The lowest BCUT2D eigenvalue weighted by atomic mass is 10.1. The van der Waals surface area contributed by atoms with Gasteiger partial charge in [0.2, 0.25) is 10.0 Å². The summed E-state index contributed by atoms with van der Waals surface area (Å²) in [6.45, 7) is -0.0203. The minimum Gasteiger partial charge on any atom is -0.465 e. The number of carbonyl (C=O) groups excluding carboxylic acids is 2. The Hall–Kier alpha value is -2.87. The highest BCUT2D eigenvalue weighted by atomic mass is 32.2.